The van der Waals surface area contributed by atoms with Crippen molar-refractivity contribution in [3.05, 3.63) is 29.7 Å². The van der Waals surface area contributed by atoms with Crippen LogP contribution in [0.15, 0.2) is 18.2 Å². The van der Waals surface area contributed by atoms with Crippen LogP contribution >= 0.6 is 0 Å². The number of halogens is 1. The molecule has 0 radical (unpaired) electrons. The summed E-state index contributed by atoms with van der Waals surface area (Å²) in [4.78, 5) is 0. The van der Waals surface area contributed by atoms with Crippen LogP contribution in [0.3, 0.4) is 0 Å². The van der Waals surface area contributed by atoms with Crippen molar-refractivity contribution in [3.63, 3.8) is 0 Å². The minimum Gasteiger partial charge on any atom is -0.320 e. The van der Waals surface area contributed by atoms with Gasteiger partial charge in [-0.2, -0.15) is 5.10 Å². The molecule has 3 nitrogen and oxygen atoms in total. The predicted octanol–water partition coefficient (Wildman–Crippen LogP) is 3.13. The zero-order valence-corrected chi connectivity index (χ0v) is 11.7. The summed E-state index contributed by atoms with van der Waals surface area (Å²) >= 11 is 0. The van der Waals surface area contributed by atoms with E-state index in [4.69, 9.17) is 0 Å². The first-order valence-corrected chi connectivity index (χ1v) is 7.05. The zero-order valence-electron chi connectivity index (χ0n) is 11.7. The second-order valence-electron chi connectivity index (χ2n) is 4.85. The first-order chi connectivity index (χ1) is 9.26. The molecule has 0 saturated carbocycles. The van der Waals surface area contributed by atoms with Crippen LogP contribution in [0.4, 0.5) is 4.39 Å². The number of aromatic nitrogens is 2. The van der Waals surface area contributed by atoms with Crippen LogP contribution in [0, 0.1) is 5.82 Å². The van der Waals surface area contributed by atoms with Gasteiger partial charge < -0.3 is 5.32 Å². The molecule has 0 fully saturated rings. The maximum Gasteiger partial charge on any atom is 0.124 e. The van der Waals surface area contributed by atoms with Crippen LogP contribution < -0.4 is 5.32 Å². The Balaban J connectivity index is 2.10. The molecule has 0 aliphatic rings. The number of nitrogens with one attached hydrogen (secondary N) is 1. The highest BCUT2D eigenvalue weighted by Gasteiger charge is 2.09. The normalized spacial score (nSPS) is 11.3. The molecule has 1 aromatic heterocycles. The zero-order chi connectivity index (χ0) is 13.7. The number of nitrogens with zero attached hydrogens (tertiary/aromatic N) is 2. The molecule has 19 heavy (non-hydrogen) atoms. The third kappa shape index (κ3) is 3.32. The van der Waals surface area contributed by atoms with Crippen LogP contribution in [-0.4, -0.2) is 23.4 Å². The van der Waals surface area contributed by atoms with Gasteiger partial charge >= 0.3 is 0 Å². The number of benzene rings is 1. The van der Waals surface area contributed by atoms with Gasteiger partial charge in [-0.3, -0.25) is 4.68 Å². The smallest absolute Gasteiger partial charge is 0.124 e. The summed E-state index contributed by atoms with van der Waals surface area (Å²) in [6.45, 7) is 4.03. The van der Waals surface area contributed by atoms with Crippen molar-refractivity contribution in [3.8, 4) is 0 Å². The van der Waals surface area contributed by atoms with Gasteiger partial charge in [-0.15, -0.1) is 0 Å². The Morgan fingerprint density at radius 2 is 2.11 bits per heavy atom. The Hall–Kier alpha value is -1.42. The van der Waals surface area contributed by atoms with Crippen LogP contribution in [0.2, 0.25) is 0 Å². The van der Waals surface area contributed by atoms with Crippen LogP contribution in [-0.2, 0) is 13.0 Å². The molecular weight excluding hydrogens is 241 g/mol. The molecule has 2 rings (SSSR count). The molecule has 0 aliphatic heterocycles. The molecule has 104 valence electrons. The van der Waals surface area contributed by atoms with E-state index in [9.17, 15) is 4.39 Å². The quantitative estimate of drug-likeness (QED) is 0.778. The molecule has 2 aromatic rings. The van der Waals surface area contributed by atoms with Gasteiger partial charge in [0.25, 0.3) is 0 Å². The molecule has 1 heterocycles. The summed E-state index contributed by atoms with van der Waals surface area (Å²) < 4.78 is 15.3. The van der Waals surface area contributed by atoms with Crippen LogP contribution in [0.25, 0.3) is 10.9 Å². The van der Waals surface area contributed by atoms with Crippen molar-refractivity contribution in [1.82, 2.24) is 15.1 Å². The van der Waals surface area contributed by atoms with E-state index in [-0.39, 0.29) is 5.82 Å². The second-order valence-corrected chi connectivity index (χ2v) is 4.85. The number of aryl methyl sites for hydroxylation is 2. The molecule has 1 aromatic carbocycles. The summed E-state index contributed by atoms with van der Waals surface area (Å²) in [6.07, 6.45) is 4.32. The van der Waals surface area contributed by atoms with E-state index < -0.39 is 0 Å². The minimum atomic E-state index is -0.184. The van der Waals surface area contributed by atoms with Crippen molar-refractivity contribution in [2.75, 3.05) is 13.6 Å². The Labute approximate surface area is 113 Å². The van der Waals surface area contributed by atoms with Gasteiger partial charge in [0.2, 0.25) is 0 Å². The van der Waals surface area contributed by atoms with Crippen molar-refractivity contribution in [1.29, 1.82) is 0 Å². The first-order valence-electron chi connectivity index (χ1n) is 7.05. The lowest BCUT2D eigenvalue weighted by Crippen LogP contribution is -2.08. The molecule has 0 spiro atoms. The second kappa shape index (κ2) is 6.66. The average molecular weight is 263 g/mol. The van der Waals surface area contributed by atoms with Crippen LogP contribution in [0.5, 0.6) is 0 Å². The van der Waals surface area contributed by atoms with Gasteiger partial charge in [-0.1, -0.05) is 13.3 Å². The fraction of sp³-hybridized carbons (Fsp3) is 0.533. The van der Waals surface area contributed by atoms with E-state index in [0.29, 0.717) is 0 Å². The molecule has 4 heteroatoms. The molecule has 0 unspecified atom stereocenters. The topological polar surface area (TPSA) is 29.9 Å². The predicted molar refractivity (Wildman–Crippen MR) is 76.8 cm³/mol. The van der Waals surface area contributed by atoms with Crippen molar-refractivity contribution >= 4 is 10.9 Å². The molecule has 0 bridgehead atoms. The minimum absolute atomic E-state index is 0.184. The van der Waals surface area contributed by atoms with E-state index in [1.54, 1.807) is 6.07 Å². The molecule has 0 atom stereocenters. The number of fused-ring (bicyclic) bond motifs is 1. The first kappa shape index (κ1) is 14.0. The standard InChI is InChI=1S/C15H22FN3/c1-3-14-13-11-12(16)7-8-15(13)19(18-14)10-6-4-5-9-17-2/h7-8,11,17H,3-6,9-10H2,1-2H3. The van der Waals surface area contributed by atoms with E-state index in [2.05, 4.69) is 17.3 Å². The van der Waals surface area contributed by atoms with Gasteiger partial charge in [-0.25, -0.2) is 4.39 Å². The summed E-state index contributed by atoms with van der Waals surface area (Å²) in [5.41, 5.74) is 2.04. The number of hydrogen-bond acceptors (Lipinski definition) is 2. The average Bonchev–Trinajstić information content (AvgIpc) is 2.76. The highest BCUT2D eigenvalue weighted by molar-refractivity contribution is 5.82. The highest BCUT2D eigenvalue weighted by Crippen LogP contribution is 2.21. The van der Waals surface area contributed by atoms with Crippen molar-refractivity contribution in [2.45, 2.75) is 39.2 Å². The third-order valence-corrected chi connectivity index (χ3v) is 3.42. The van der Waals surface area contributed by atoms with Crippen molar-refractivity contribution in [2.24, 2.45) is 0 Å². The largest absolute Gasteiger partial charge is 0.320 e. The Morgan fingerprint density at radius 1 is 1.26 bits per heavy atom. The SMILES string of the molecule is CCc1nn(CCCCCNC)c2ccc(F)cc12. The summed E-state index contributed by atoms with van der Waals surface area (Å²) in [5.74, 6) is -0.184. The summed E-state index contributed by atoms with van der Waals surface area (Å²) in [6, 6.07) is 4.95. The highest BCUT2D eigenvalue weighted by atomic mass is 19.1. The Bertz CT molecular complexity index is 533. The third-order valence-electron chi connectivity index (χ3n) is 3.42. The monoisotopic (exact) mass is 263 g/mol. The summed E-state index contributed by atoms with van der Waals surface area (Å²) in [7, 11) is 1.98. The fourth-order valence-corrected chi connectivity index (χ4v) is 2.39. The maximum atomic E-state index is 13.3. The lowest BCUT2D eigenvalue weighted by Gasteiger charge is -2.03. The van der Waals surface area contributed by atoms with Crippen molar-refractivity contribution < 1.29 is 4.39 Å². The number of hydrogen-bond donors (Lipinski definition) is 1. The number of rotatable bonds is 7. The van der Waals surface area contributed by atoms with Gasteiger partial charge in [0.1, 0.15) is 5.82 Å². The summed E-state index contributed by atoms with van der Waals surface area (Å²) in [5, 5.41) is 8.71. The van der Waals surface area contributed by atoms with E-state index in [1.165, 1.54) is 18.9 Å². The lowest BCUT2D eigenvalue weighted by molar-refractivity contribution is 0.545. The Morgan fingerprint density at radius 3 is 2.84 bits per heavy atom. The Kier molecular flexibility index (Phi) is 4.91. The van der Waals surface area contributed by atoms with Gasteiger partial charge in [0.15, 0.2) is 0 Å². The number of unbranched alkanes of at least 4 members (excludes halogenated alkanes) is 2. The lowest BCUT2D eigenvalue weighted by atomic mass is 10.2. The van der Waals surface area contributed by atoms with E-state index >= 15 is 0 Å². The molecule has 1 N–H and O–H groups in total. The van der Waals surface area contributed by atoms with Crippen LogP contribution in [0.1, 0.15) is 31.9 Å². The molecule has 0 aliphatic carbocycles. The fourth-order valence-electron chi connectivity index (χ4n) is 2.39. The van der Waals surface area contributed by atoms with E-state index in [1.807, 2.05) is 17.8 Å². The van der Waals surface area contributed by atoms with Gasteiger partial charge in [0, 0.05) is 11.9 Å². The van der Waals surface area contributed by atoms with E-state index in [0.717, 1.165) is 42.5 Å². The molecular formula is C15H22FN3. The molecule has 0 saturated heterocycles. The molecule has 0 amide bonds. The van der Waals surface area contributed by atoms with Gasteiger partial charge in [-0.05, 0) is 51.1 Å². The van der Waals surface area contributed by atoms with Gasteiger partial charge in [0.05, 0.1) is 11.2 Å². The maximum absolute atomic E-state index is 13.3.